The van der Waals surface area contributed by atoms with Gasteiger partial charge in [0, 0.05) is 25.7 Å². The summed E-state index contributed by atoms with van der Waals surface area (Å²) in [4.78, 5) is 16.5. The number of hydrogen-bond acceptors (Lipinski definition) is 3. The number of guanidine groups is 1. The van der Waals surface area contributed by atoms with Crippen molar-refractivity contribution in [3.63, 3.8) is 0 Å². The second-order valence-electron chi connectivity index (χ2n) is 7.20. The van der Waals surface area contributed by atoms with E-state index in [0.29, 0.717) is 12.1 Å². The molecule has 3 aromatic carbocycles. The SMILES string of the molecule is CCNC(=NCc1ccc2cc(OC)ccc2c1)NCCc1cccc(C(=O)NC)c1. The Balaban J connectivity index is 1.61. The van der Waals surface area contributed by atoms with Gasteiger partial charge in [0.25, 0.3) is 5.91 Å². The van der Waals surface area contributed by atoms with E-state index in [9.17, 15) is 4.79 Å². The molecule has 0 bridgehead atoms. The van der Waals surface area contributed by atoms with Crippen LogP contribution in [0.5, 0.6) is 5.75 Å². The summed E-state index contributed by atoms with van der Waals surface area (Å²) in [7, 11) is 3.32. The number of methoxy groups -OCH3 is 1. The van der Waals surface area contributed by atoms with Gasteiger partial charge in [0.05, 0.1) is 13.7 Å². The summed E-state index contributed by atoms with van der Waals surface area (Å²) < 4.78 is 5.29. The van der Waals surface area contributed by atoms with E-state index in [0.717, 1.165) is 47.7 Å². The average molecular weight is 419 g/mol. The first-order valence-electron chi connectivity index (χ1n) is 10.5. The molecule has 0 fully saturated rings. The highest BCUT2D eigenvalue weighted by Gasteiger charge is 2.04. The Bertz CT molecular complexity index is 1060. The number of nitrogens with zero attached hydrogens (tertiary/aromatic N) is 1. The van der Waals surface area contributed by atoms with E-state index in [1.54, 1.807) is 14.2 Å². The molecule has 0 aliphatic carbocycles. The maximum atomic E-state index is 11.8. The number of fused-ring (bicyclic) bond motifs is 1. The zero-order chi connectivity index (χ0) is 22.1. The van der Waals surface area contributed by atoms with E-state index in [-0.39, 0.29) is 5.91 Å². The number of amides is 1. The second-order valence-corrected chi connectivity index (χ2v) is 7.20. The van der Waals surface area contributed by atoms with Crippen LogP contribution in [0.1, 0.15) is 28.4 Å². The molecule has 31 heavy (non-hydrogen) atoms. The molecule has 3 N–H and O–H groups in total. The van der Waals surface area contributed by atoms with E-state index in [2.05, 4.69) is 40.2 Å². The molecule has 6 nitrogen and oxygen atoms in total. The van der Waals surface area contributed by atoms with Crippen molar-refractivity contribution >= 4 is 22.6 Å². The number of carbonyl (C=O) groups is 1. The molecule has 3 rings (SSSR count). The fourth-order valence-corrected chi connectivity index (χ4v) is 3.35. The van der Waals surface area contributed by atoms with Crippen molar-refractivity contribution in [3.8, 4) is 5.75 Å². The van der Waals surface area contributed by atoms with Crippen molar-refractivity contribution in [1.29, 1.82) is 0 Å². The summed E-state index contributed by atoms with van der Waals surface area (Å²) in [6.07, 6.45) is 0.799. The highest BCUT2D eigenvalue weighted by Crippen LogP contribution is 2.22. The first-order valence-corrected chi connectivity index (χ1v) is 10.5. The molecule has 0 radical (unpaired) electrons. The van der Waals surface area contributed by atoms with Crippen molar-refractivity contribution in [2.24, 2.45) is 4.99 Å². The molecule has 0 atom stereocenters. The lowest BCUT2D eigenvalue weighted by atomic mass is 10.1. The van der Waals surface area contributed by atoms with Crippen LogP contribution in [0.15, 0.2) is 65.7 Å². The third kappa shape index (κ3) is 6.22. The van der Waals surface area contributed by atoms with E-state index >= 15 is 0 Å². The van der Waals surface area contributed by atoms with Crippen LogP contribution < -0.4 is 20.7 Å². The first kappa shape index (κ1) is 22.2. The monoisotopic (exact) mass is 418 g/mol. The van der Waals surface area contributed by atoms with Gasteiger partial charge in [-0.2, -0.15) is 0 Å². The van der Waals surface area contributed by atoms with Gasteiger partial charge in [-0.1, -0.05) is 30.3 Å². The van der Waals surface area contributed by atoms with Crippen LogP contribution in [0.25, 0.3) is 10.8 Å². The predicted molar refractivity (Wildman–Crippen MR) is 127 cm³/mol. The minimum Gasteiger partial charge on any atom is -0.497 e. The summed E-state index contributed by atoms with van der Waals surface area (Å²) in [5, 5.41) is 11.6. The Labute approximate surface area is 183 Å². The quantitative estimate of drug-likeness (QED) is 0.387. The molecule has 162 valence electrons. The largest absolute Gasteiger partial charge is 0.497 e. The topological polar surface area (TPSA) is 74.8 Å². The highest BCUT2D eigenvalue weighted by molar-refractivity contribution is 5.94. The zero-order valence-electron chi connectivity index (χ0n) is 18.4. The number of ether oxygens (including phenoxy) is 1. The van der Waals surface area contributed by atoms with E-state index in [1.165, 1.54) is 5.39 Å². The third-order valence-electron chi connectivity index (χ3n) is 5.00. The van der Waals surface area contributed by atoms with Gasteiger partial charge in [0.2, 0.25) is 0 Å². The van der Waals surface area contributed by atoms with Gasteiger partial charge in [-0.25, -0.2) is 4.99 Å². The normalized spacial score (nSPS) is 11.3. The molecule has 6 heteroatoms. The lowest BCUT2D eigenvalue weighted by Gasteiger charge is -2.12. The molecule has 0 aromatic heterocycles. The fraction of sp³-hybridized carbons (Fsp3) is 0.280. The molecule has 0 aliphatic heterocycles. The van der Waals surface area contributed by atoms with Crippen molar-refractivity contribution in [3.05, 3.63) is 77.4 Å². The zero-order valence-corrected chi connectivity index (χ0v) is 18.4. The van der Waals surface area contributed by atoms with E-state index in [4.69, 9.17) is 9.73 Å². The molecule has 0 spiro atoms. The molecule has 0 saturated heterocycles. The standard InChI is InChI=1S/C25H30N4O2/c1-4-27-25(28-13-12-18-6-5-7-22(14-18)24(30)26-2)29-17-19-8-9-21-16-23(31-3)11-10-20(21)15-19/h5-11,14-16H,4,12-13,17H2,1-3H3,(H,26,30)(H2,27,28,29). The molecule has 0 unspecified atom stereocenters. The molecule has 3 aromatic rings. The lowest BCUT2D eigenvalue weighted by molar-refractivity contribution is 0.0963. The minimum absolute atomic E-state index is 0.0708. The average Bonchev–Trinajstić information content (AvgIpc) is 2.81. The van der Waals surface area contributed by atoms with Gasteiger partial charge < -0.3 is 20.7 Å². The fourth-order valence-electron chi connectivity index (χ4n) is 3.35. The predicted octanol–water partition coefficient (Wildman–Crippen LogP) is 3.51. The number of hydrogen-bond donors (Lipinski definition) is 3. The summed E-state index contributed by atoms with van der Waals surface area (Å²) >= 11 is 0. The van der Waals surface area contributed by atoms with Crippen LogP contribution in [0.3, 0.4) is 0 Å². The molecule has 0 aliphatic rings. The van der Waals surface area contributed by atoms with Gasteiger partial charge in [0.1, 0.15) is 5.75 Å². The van der Waals surface area contributed by atoms with Crippen LogP contribution in [0.4, 0.5) is 0 Å². The van der Waals surface area contributed by atoms with Crippen LogP contribution in [-0.4, -0.2) is 39.1 Å². The van der Waals surface area contributed by atoms with E-state index < -0.39 is 0 Å². The molecule has 0 saturated carbocycles. The van der Waals surface area contributed by atoms with Crippen molar-refractivity contribution in [2.45, 2.75) is 19.9 Å². The molecule has 0 heterocycles. The number of benzene rings is 3. The van der Waals surface area contributed by atoms with E-state index in [1.807, 2.05) is 43.3 Å². The molecular weight excluding hydrogens is 388 g/mol. The highest BCUT2D eigenvalue weighted by atomic mass is 16.5. The van der Waals surface area contributed by atoms with Crippen molar-refractivity contribution in [2.75, 3.05) is 27.2 Å². The second kappa shape index (κ2) is 11.0. The van der Waals surface area contributed by atoms with Gasteiger partial charge in [-0.15, -0.1) is 0 Å². The van der Waals surface area contributed by atoms with Crippen LogP contribution >= 0.6 is 0 Å². The number of rotatable bonds is 8. The van der Waals surface area contributed by atoms with Gasteiger partial charge in [-0.3, -0.25) is 4.79 Å². The number of carbonyl (C=O) groups excluding carboxylic acids is 1. The molecular formula is C25H30N4O2. The smallest absolute Gasteiger partial charge is 0.251 e. The third-order valence-corrected chi connectivity index (χ3v) is 5.00. The van der Waals surface area contributed by atoms with Gasteiger partial charge in [-0.05, 0) is 65.6 Å². The Morgan fingerprint density at radius 1 is 0.968 bits per heavy atom. The summed E-state index contributed by atoms with van der Waals surface area (Å²) in [5.41, 5.74) is 2.93. The summed E-state index contributed by atoms with van der Waals surface area (Å²) in [6, 6.07) is 20.1. The van der Waals surface area contributed by atoms with Crippen LogP contribution in [0, 0.1) is 0 Å². The van der Waals surface area contributed by atoms with Gasteiger partial charge in [0.15, 0.2) is 5.96 Å². The Kier molecular flexibility index (Phi) is 7.87. The number of nitrogens with one attached hydrogen (secondary N) is 3. The minimum atomic E-state index is -0.0708. The maximum Gasteiger partial charge on any atom is 0.251 e. The summed E-state index contributed by atoms with van der Waals surface area (Å²) in [6.45, 7) is 4.15. The Morgan fingerprint density at radius 2 is 1.77 bits per heavy atom. The Hall–Kier alpha value is -3.54. The Morgan fingerprint density at radius 3 is 2.55 bits per heavy atom. The van der Waals surface area contributed by atoms with Crippen molar-refractivity contribution in [1.82, 2.24) is 16.0 Å². The van der Waals surface area contributed by atoms with Gasteiger partial charge >= 0.3 is 0 Å². The van der Waals surface area contributed by atoms with Crippen LogP contribution in [-0.2, 0) is 13.0 Å². The molecule has 1 amide bonds. The lowest BCUT2D eigenvalue weighted by Crippen LogP contribution is -2.38. The first-order chi connectivity index (χ1) is 15.1. The van der Waals surface area contributed by atoms with Crippen molar-refractivity contribution < 1.29 is 9.53 Å². The maximum absolute atomic E-state index is 11.8. The summed E-state index contributed by atoms with van der Waals surface area (Å²) in [5.74, 6) is 1.57. The van der Waals surface area contributed by atoms with Crippen LogP contribution in [0.2, 0.25) is 0 Å². The number of aliphatic imine (C=N–C) groups is 1.